The van der Waals surface area contributed by atoms with E-state index in [4.69, 9.17) is 0 Å². The van der Waals surface area contributed by atoms with Crippen LogP contribution in [-0.2, 0) is 11.3 Å². The van der Waals surface area contributed by atoms with E-state index in [-0.39, 0.29) is 11.6 Å². The molecular formula is C13H18N4O3. The molecule has 7 heteroatoms. The Labute approximate surface area is 117 Å². The second kappa shape index (κ2) is 5.87. The summed E-state index contributed by atoms with van der Waals surface area (Å²) in [5.74, 6) is 0.0811. The Kier molecular flexibility index (Phi) is 4.19. The van der Waals surface area contributed by atoms with Gasteiger partial charge in [-0.15, -0.1) is 0 Å². The molecule has 0 spiro atoms. The highest BCUT2D eigenvalue weighted by Crippen LogP contribution is 2.25. The summed E-state index contributed by atoms with van der Waals surface area (Å²) in [6.45, 7) is 2.38. The van der Waals surface area contributed by atoms with Crippen molar-refractivity contribution in [1.29, 1.82) is 0 Å². The second-order valence-corrected chi connectivity index (χ2v) is 4.88. The smallest absolute Gasteiger partial charge is 0.292 e. The minimum Gasteiger partial charge on any atom is -0.383 e. The van der Waals surface area contributed by atoms with Gasteiger partial charge < -0.3 is 10.2 Å². The number of piperazine rings is 1. The lowest BCUT2D eigenvalue weighted by atomic mass is 10.1. The number of likely N-dealkylation sites (N-methyl/N-ethyl adjacent to an activating group) is 1. The van der Waals surface area contributed by atoms with Crippen molar-refractivity contribution in [3.63, 3.8) is 0 Å². The molecule has 1 saturated heterocycles. The number of hydrogen-bond acceptors (Lipinski definition) is 5. The zero-order valence-electron chi connectivity index (χ0n) is 11.6. The van der Waals surface area contributed by atoms with Crippen LogP contribution in [0.15, 0.2) is 18.2 Å². The van der Waals surface area contributed by atoms with Crippen LogP contribution in [0.5, 0.6) is 0 Å². The molecule has 1 aromatic rings. The molecule has 0 aliphatic carbocycles. The van der Waals surface area contributed by atoms with E-state index in [2.05, 4.69) is 5.32 Å². The van der Waals surface area contributed by atoms with Crippen LogP contribution < -0.4 is 5.32 Å². The number of amides is 1. The van der Waals surface area contributed by atoms with Crippen molar-refractivity contribution < 1.29 is 9.72 Å². The average molecular weight is 278 g/mol. The van der Waals surface area contributed by atoms with Crippen molar-refractivity contribution in [1.82, 2.24) is 9.80 Å². The fourth-order valence-corrected chi connectivity index (χ4v) is 2.24. The molecule has 2 rings (SSSR count). The van der Waals surface area contributed by atoms with Gasteiger partial charge in [-0.2, -0.15) is 0 Å². The maximum absolute atomic E-state index is 11.6. The molecule has 1 amide bonds. The monoisotopic (exact) mass is 278 g/mol. The molecule has 0 saturated carbocycles. The molecule has 20 heavy (non-hydrogen) atoms. The summed E-state index contributed by atoms with van der Waals surface area (Å²) in [4.78, 5) is 25.9. The first kappa shape index (κ1) is 14.3. The molecule has 1 aliphatic rings. The van der Waals surface area contributed by atoms with Crippen LogP contribution in [0, 0.1) is 10.1 Å². The van der Waals surface area contributed by atoms with E-state index in [1.54, 1.807) is 31.1 Å². The number of nitro benzene ring substituents is 1. The molecule has 1 aliphatic heterocycles. The lowest BCUT2D eigenvalue weighted by Crippen LogP contribution is -2.47. The van der Waals surface area contributed by atoms with Crippen LogP contribution >= 0.6 is 0 Å². The van der Waals surface area contributed by atoms with Gasteiger partial charge in [-0.25, -0.2) is 0 Å². The fraction of sp³-hybridized carbons (Fsp3) is 0.462. The van der Waals surface area contributed by atoms with E-state index in [0.717, 1.165) is 12.1 Å². The van der Waals surface area contributed by atoms with Crippen molar-refractivity contribution in [2.45, 2.75) is 6.54 Å². The summed E-state index contributed by atoms with van der Waals surface area (Å²) in [5, 5.41) is 13.8. The topological polar surface area (TPSA) is 78.7 Å². The van der Waals surface area contributed by atoms with Crippen molar-refractivity contribution in [2.75, 3.05) is 39.0 Å². The molecule has 1 aromatic carbocycles. The maximum Gasteiger partial charge on any atom is 0.292 e. The van der Waals surface area contributed by atoms with Gasteiger partial charge in [0.15, 0.2) is 0 Å². The molecule has 0 bridgehead atoms. The van der Waals surface area contributed by atoms with Crippen LogP contribution in [0.1, 0.15) is 5.56 Å². The maximum atomic E-state index is 11.6. The predicted octanol–water partition coefficient (Wildman–Crippen LogP) is 0.911. The quantitative estimate of drug-likeness (QED) is 0.654. The van der Waals surface area contributed by atoms with E-state index in [1.807, 2.05) is 11.0 Å². The molecule has 0 aromatic heterocycles. The zero-order valence-corrected chi connectivity index (χ0v) is 11.6. The lowest BCUT2D eigenvalue weighted by molar-refractivity contribution is -0.384. The fourth-order valence-electron chi connectivity index (χ4n) is 2.24. The van der Waals surface area contributed by atoms with Crippen molar-refractivity contribution in [3.8, 4) is 0 Å². The Balaban J connectivity index is 2.12. The molecule has 0 unspecified atom stereocenters. The van der Waals surface area contributed by atoms with Gasteiger partial charge in [0, 0.05) is 39.8 Å². The number of rotatable bonds is 4. The van der Waals surface area contributed by atoms with Crippen LogP contribution in [0.25, 0.3) is 0 Å². The molecule has 7 nitrogen and oxygen atoms in total. The highest BCUT2D eigenvalue weighted by Gasteiger charge is 2.22. The Morgan fingerprint density at radius 3 is 2.75 bits per heavy atom. The molecule has 0 atom stereocenters. The van der Waals surface area contributed by atoms with Gasteiger partial charge in [0.2, 0.25) is 5.91 Å². The van der Waals surface area contributed by atoms with Crippen LogP contribution in [0.4, 0.5) is 11.4 Å². The first-order chi connectivity index (χ1) is 9.51. The van der Waals surface area contributed by atoms with Crippen molar-refractivity contribution >= 4 is 17.3 Å². The summed E-state index contributed by atoms with van der Waals surface area (Å²) < 4.78 is 0. The van der Waals surface area contributed by atoms with Gasteiger partial charge in [-0.1, -0.05) is 6.07 Å². The number of hydrogen-bond donors (Lipinski definition) is 1. The zero-order chi connectivity index (χ0) is 14.7. The Morgan fingerprint density at radius 2 is 2.15 bits per heavy atom. The Morgan fingerprint density at radius 1 is 1.40 bits per heavy atom. The number of carbonyl (C=O) groups is 1. The third kappa shape index (κ3) is 3.05. The third-order valence-electron chi connectivity index (χ3n) is 3.47. The van der Waals surface area contributed by atoms with E-state index in [0.29, 0.717) is 25.3 Å². The second-order valence-electron chi connectivity index (χ2n) is 4.88. The normalized spacial score (nSPS) is 16.3. The van der Waals surface area contributed by atoms with E-state index < -0.39 is 4.92 Å². The summed E-state index contributed by atoms with van der Waals surface area (Å²) in [6.07, 6.45) is 0. The van der Waals surface area contributed by atoms with Gasteiger partial charge in [-0.05, 0) is 11.6 Å². The van der Waals surface area contributed by atoms with Gasteiger partial charge in [0.05, 0.1) is 11.5 Å². The Hall–Kier alpha value is -2.15. The van der Waals surface area contributed by atoms with E-state index in [1.165, 1.54) is 0 Å². The van der Waals surface area contributed by atoms with Gasteiger partial charge in [0.1, 0.15) is 5.69 Å². The van der Waals surface area contributed by atoms with Gasteiger partial charge in [0.25, 0.3) is 5.69 Å². The van der Waals surface area contributed by atoms with Crippen molar-refractivity contribution in [2.24, 2.45) is 0 Å². The molecule has 108 valence electrons. The summed E-state index contributed by atoms with van der Waals surface area (Å²) >= 11 is 0. The summed E-state index contributed by atoms with van der Waals surface area (Å²) in [6, 6.07) is 5.11. The average Bonchev–Trinajstić information content (AvgIpc) is 2.43. The Bertz CT molecular complexity index is 532. The number of anilines is 1. The highest BCUT2D eigenvalue weighted by atomic mass is 16.6. The standard InChI is InChI=1S/C13H18N4O3/c1-14-11-4-3-10(7-12(11)17(19)20)8-16-6-5-15(2)13(18)9-16/h3-4,7,14H,5-6,8-9H2,1-2H3. The molecular weight excluding hydrogens is 260 g/mol. The van der Waals surface area contributed by atoms with Crippen LogP contribution in [-0.4, -0.2) is 54.4 Å². The number of carbonyl (C=O) groups excluding carboxylic acids is 1. The SMILES string of the molecule is CNc1ccc(CN2CCN(C)C(=O)C2)cc1[N+](=O)[O-]. The van der Waals surface area contributed by atoms with E-state index >= 15 is 0 Å². The summed E-state index contributed by atoms with van der Waals surface area (Å²) in [7, 11) is 3.44. The van der Waals surface area contributed by atoms with Crippen LogP contribution in [0.3, 0.4) is 0 Å². The van der Waals surface area contributed by atoms with Crippen LogP contribution in [0.2, 0.25) is 0 Å². The first-order valence-electron chi connectivity index (χ1n) is 6.42. The first-order valence-corrected chi connectivity index (χ1v) is 6.42. The number of nitro groups is 1. The predicted molar refractivity (Wildman–Crippen MR) is 75.6 cm³/mol. The minimum atomic E-state index is -0.398. The summed E-state index contributed by atoms with van der Waals surface area (Å²) in [5.41, 5.74) is 1.40. The van der Waals surface area contributed by atoms with Gasteiger partial charge in [-0.3, -0.25) is 19.8 Å². The molecule has 1 N–H and O–H groups in total. The van der Waals surface area contributed by atoms with Gasteiger partial charge >= 0.3 is 0 Å². The number of benzene rings is 1. The largest absolute Gasteiger partial charge is 0.383 e. The van der Waals surface area contributed by atoms with Crippen molar-refractivity contribution in [3.05, 3.63) is 33.9 Å². The highest BCUT2D eigenvalue weighted by molar-refractivity contribution is 5.78. The van der Waals surface area contributed by atoms with E-state index in [9.17, 15) is 14.9 Å². The molecule has 0 radical (unpaired) electrons. The minimum absolute atomic E-state index is 0.0606. The third-order valence-corrected chi connectivity index (χ3v) is 3.47. The number of nitrogens with one attached hydrogen (secondary N) is 1. The number of nitrogens with zero attached hydrogens (tertiary/aromatic N) is 3. The molecule has 1 fully saturated rings. The molecule has 1 heterocycles. The lowest BCUT2D eigenvalue weighted by Gasteiger charge is -2.31.